The minimum Gasteiger partial charge on any atom is -0.302 e. The van der Waals surface area contributed by atoms with Crippen LogP contribution in [0.25, 0.3) is 0 Å². The van der Waals surface area contributed by atoms with Gasteiger partial charge in [-0.25, -0.2) is 9.89 Å². The maximum Gasteiger partial charge on any atom is 0.277 e. The average molecular weight is 551 g/mol. The number of amides is 3. The van der Waals surface area contributed by atoms with E-state index >= 15 is 0 Å². The molecule has 3 amide bonds. The summed E-state index contributed by atoms with van der Waals surface area (Å²) >= 11 is 6.03. The van der Waals surface area contributed by atoms with Crippen LogP contribution in [0.4, 0.5) is 22.7 Å². The zero-order valence-corrected chi connectivity index (χ0v) is 21.8. The van der Waals surface area contributed by atoms with Gasteiger partial charge in [0.1, 0.15) is 5.71 Å². The molecule has 2 aliphatic heterocycles. The quantitative estimate of drug-likeness (QED) is 0.171. The molecular formula is C30H19ClN4O5. The van der Waals surface area contributed by atoms with E-state index in [1.807, 2.05) is 30.3 Å². The number of aryl methyl sites for hydroxylation is 1. The Morgan fingerprint density at radius 1 is 0.800 bits per heavy atom. The number of nitro benzene ring substituents is 1. The molecule has 4 aromatic rings. The molecule has 0 saturated heterocycles. The Morgan fingerprint density at radius 2 is 1.52 bits per heavy atom. The summed E-state index contributed by atoms with van der Waals surface area (Å²) in [5.74, 6) is -1.32. The van der Waals surface area contributed by atoms with Crippen molar-refractivity contribution < 1.29 is 19.3 Å². The third-order valence-corrected chi connectivity index (χ3v) is 7.11. The van der Waals surface area contributed by atoms with Gasteiger partial charge in [-0.2, -0.15) is 0 Å². The van der Waals surface area contributed by atoms with E-state index in [0.717, 1.165) is 10.5 Å². The Kier molecular flexibility index (Phi) is 6.00. The highest BCUT2D eigenvalue weighted by Crippen LogP contribution is 2.37. The van der Waals surface area contributed by atoms with Gasteiger partial charge in [0.15, 0.2) is 0 Å². The Morgan fingerprint density at radius 3 is 2.25 bits per heavy atom. The van der Waals surface area contributed by atoms with Gasteiger partial charge in [0.25, 0.3) is 23.4 Å². The second-order valence-corrected chi connectivity index (χ2v) is 9.84. The maximum atomic E-state index is 13.6. The number of hydrogen-bond acceptors (Lipinski definition) is 6. The number of hydrogen-bond donors (Lipinski definition) is 0. The van der Waals surface area contributed by atoms with Gasteiger partial charge in [-0.3, -0.25) is 24.5 Å². The summed E-state index contributed by atoms with van der Waals surface area (Å²) in [7, 11) is 0. The third-order valence-electron chi connectivity index (χ3n) is 6.88. The largest absolute Gasteiger partial charge is 0.302 e. The van der Waals surface area contributed by atoms with Crippen LogP contribution < -0.4 is 9.80 Å². The number of halogens is 1. The second-order valence-electron chi connectivity index (χ2n) is 9.40. The first-order valence-corrected chi connectivity index (χ1v) is 12.6. The molecule has 0 aromatic heterocycles. The van der Waals surface area contributed by atoms with E-state index in [2.05, 4.69) is 4.99 Å². The first-order chi connectivity index (χ1) is 19.2. The lowest BCUT2D eigenvalue weighted by molar-refractivity contribution is -0.384. The van der Waals surface area contributed by atoms with Gasteiger partial charge in [-0.05, 0) is 60.5 Å². The minimum absolute atomic E-state index is 0.0668. The van der Waals surface area contributed by atoms with Crippen molar-refractivity contribution in [2.24, 2.45) is 4.99 Å². The number of non-ortho nitro benzene ring substituents is 1. The molecule has 0 unspecified atom stereocenters. The molecule has 4 aromatic carbocycles. The van der Waals surface area contributed by atoms with Crippen LogP contribution in [0.3, 0.4) is 0 Å². The van der Waals surface area contributed by atoms with Gasteiger partial charge in [-0.15, -0.1) is 0 Å². The van der Waals surface area contributed by atoms with E-state index in [9.17, 15) is 24.5 Å². The molecule has 2 aliphatic rings. The lowest BCUT2D eigenvalue weighted by Gasteiger charge is -2.17. The zero-order valence-electron chi connectivity index (χ0n) is 21.0. The lowest BCUT2D eigenvalue weighted by Crippen LogP contribution is -2.30. The van der Waals surface area contributed by atoms with E-state index in [1.54, 1.807) is 42.2 Å². The molecule has 6 rings (SSSR count). The maximum absolute atomic E-state index is 13.6. The van der Waals surface area contributed by atoms with Crippen molar-refractivity contribution >= 4 is 57.8 Å². The lowest BCUT2D eigenvalue weighted by atomic mass is 10.1. The molecule has 2 heterocycles. The molecule has 196 valence electrons. The van der Waals surface area contributed by atoms with Gasteiger partial charge in [0.2, 0.25) is 0 Å². The highest BCUT2D eigenvalue weighted by atomic mass is 35.5. The van der Waals surface area contributed by atoms with Crippen LogP contribution in [0, 0.1) is 17.0 Å². The second kappa shape index (κ2) is 9.55. The minimum atomic E-state index is -0.517. The highest BCUT2D eigenvalue weighted by molar-refractivity contribution is 6.54. The van der Waals surface area contributed by atoms with Crippen LogP contribution in [0.1, 0.15) is 37.4 Å². The smallest absolute Gasteiger partial charge is 0.277 e. The summed E-state index contributed by atoms with van der Waals surface area (Å²) in [5, 5.41) is 11.8. The summed E-state index contributed by atoms with van der Waals surface area (Å²) in [4.78, 5) is 57.8. The summed E-state index contributed by atoms with van der Waals surface area (Å²) in [6.07, 6.45) is 0. The standard InChI is InChI=1S/C30H19ClN4O5/c1-17-13-20(8-11-25(17)34-28(36)22-10-7-19(31)14-23(22)29(34)37)32-27-24-15-21(35(39)40)9-12-26(24)33(30(27)38)16-18-5-3-2-4-6-18/h2-15H,16H2,1H3. The van der Waals surface area contributed by atoms with Gasteiger partial charge >= 0.3 is 0 Å². The fraction of sp³-hybridized carbons (Fsp3) is 0.0667. The molecule has 0 saturated carbocycles. The number of aliphatic imine (C=N–C) groups is 1. The van der Waals surface area contributed by atoms with Crippen LogP contribution in [0.2, 0.25) is 5.02 Å². The van der Waals surface area contributed by atoms with E-state index < -0.39 is 22.6 Å². The molecular weight excluding hydrogens is 532 g/mol. The van der Waals surface area contributed by atoms with Crippen molar-refractivity contribution in [2.45, 2.75) is 13.5 Å². The summed E-state index contributed by atoms with van der Waals surface area (Å²) in [6, 6.07) is 23.1. The molecule has 10 heteroatoms. The molecule has 0 spiro atoms. The van der Waals surface area contributed by atoms with Crippen LogP contribution >= 0.6 is 11.6 Å². The number of carbonyl (C=O) groups is 3. The molecule has 0 radical (unpaired) electrons. The molecule has 0 aliphatic carbocycles. The van der Waals surface area contributed by atoms with E-state index in [0.29, 0.717) is 33.2 Å². The number of anilines is 2. The molecule has 9 nitrogen and oxygen atoms in total. The number of nitrogens with zero attached hydrogens (tertiary/aromatic N) is 4. The molecule has 0 atom stereocenters. The number of carbonyl (C=O) groups excluding carboxylic acids is 3. The molecule has 0 bridgehead atoms. The Labute approximate surface area is 233 Å². The van der Waals surface area contributed by atoms with Crippen molar-refractivity contribution in [2.75, 3.05) is 9.80 Å². The topological polar surface area (TPSA) is 113 Å². The SMILES string of the molecule is Cc1cc(N=C2C(=O)N(Cc3ccccc3)c3ccc([N+](=O)[O-])cc32)ccc1N1C(=O)c2ccc(Cl)cc2C1=O. The zero-order chi connectivity index (χ0) is 28.1. The average Bonchev–Trinajstić information content (AvgIpc) is 3.33. The number of imide groups is 1. The highest BCUT2D eigenvalue weighted by Gasteiger charge is 2.38. The summed E-state index contributed by atoms with van der Waals surface area (Å²) < 4.78 is 0. The fourth-order valence-corrected chi connectivity index (χ4v) is 5.14. The first kappa shape index (κ1) is 25.1. The van der Waals surface area contributed by atoms with Crippen molar-refractivity contribution in [3.05, 3.63) is 128 Å². The number of rotatable bonds is 5. The monoisotopic (exact) mass is 550 g/mol. The van der Waals surface area contributed by atoms with Crippen molar-refractivity contribution in [3.63, 3.8) is 0 Å². The van der Waals surface area contributed by atoms with Crippen LogP contribution in [-0.4, -0.2) is 28.4 Å². The van der Waals surface area contributed by atoms with Gasteiger partial charge < -0.3 is 4.90 Å². The Balaban J connectivity index is 1.38. The van der Waals surface area contributed by atoms with Gasteiger partial charge in [0.05, 0.1) is 39.7 Å². The molecule has 0 fully saturated rings. The van der Waals surface area contributed by atoms with Crippen molar-refractivity contribution in [1.82, 2.24) is 0 Å². The Hall–Kier alpha value is -5.15. The van der Waals surface area contributed by atoms with Crippen LogP contribution in [0.5, 0.6) is 0 Å². The summed E-state index contributed by atoms with van der Waals surface area (Å²) in [6.45, 7) is 2.00. The first-order valence-electron chi connectivity index (χ1n) is 12.2. The number of nitro groups is 1. The fourth-order valence-electron chi connectivity index (χ4n) is 4.97. The van der Waals surface area contributed by atoms with Gasteiger partial charge in [0, 0.05) is 22.7 Å². The predicted molar refractivity (Wildman–Crippen MR) is 151 cm³/mol. The van der Waals surface area contributed by atoms with E-state index in [1.165, 1.54) is 24.3 Å². The summed E-state index contributed by atoms with van der Waals surface area (Å²) in [5.41, 5.74) is 3.53. The van der Waals surface area contributed by atoms with Crippen LogP contribution in [-0.2, 0) is 11.3 Å². The normalized spacial score (nSPS) is 15.2. The number of benzene rings is 4. The molecule has 40 heavy (non-hydrogen) atoms. The third kappa shape index (κ3) is 4.13. The van der Waals surface area contributed by atoms with Crippen molar-refractivity contribution in [1.29, 1.82) is 0 Å². The van der Waals surface area contributed by atoms with Gasteiger partial charge in [-0.1, -0.05) is 41.9 Å². The Bertz CT molecular complexity index is 1800. The van der Waals surface area contributed by atoms with E-state index in [4.69, 9.17) is 11.6 Å². The van der Waals surface area contributed by atoms with Crippen molar-refractivity contribution in [3.8, 4) is 0 Å². The van der Waals surface area contributed by atoms with Crippen LogP contribution in [0.15, 0.2) is 89.9 Å². The molecule has 0 N–H and O–H groups in total. The number of fused-ring (bicyclic) bond motifs is 2. The van der Waals surface area contributed by atoms with E-state index in [-0.39, 0.29) is 29.1 Å². The predicted octanol–water partition coefficient (Wildman–Crippen LogP) is 6.02.